The number of hydrogen-bond acceptors (Lipinski definition) is 3. The van der Waals surface area contributed by atoms with Crippen molar-refractivity contribution in [3.05, 3.63) is 59.1 Å². The number of nitrogens with two attached hydrogens (primary N) is 1. The van der Waals surface area contributed by atoms with Gasteiger partial charge in [-0.1, -0.05) is 48.7 Å². The first kappa shape index (κ1) is 19.3. The third kappa shape index (κ3) is 7.16. The number of unbranched alkanes of at least 4 members (excludes halogenated alkanes) is 3. The van der Waals surface area contributed by atoms with Gasteiger partial charge in [0.2, 0.25) is 5.91 Å². The minimum absolute atomic E-state index is 0.00607. The summed E-state index contributed by atoms with van der Waals surface area (Å²) < 4.78 is 5.85. The van der Waals surface area contributed by atoms with Gasteiger partial charge in [0.05, 0.1) is 5.69 Å². The molecule has 0 heterocycles. The molecule has 1 amide bonds. The molecule has 0 aliphatic carbocycles. The Labute approximate surface area is 154 Å². The minimum atomic E-state index is 0.00607. The number of ether oxygens (including phenoxy) is 1. The monoisotopic (exact) mass is 360 g/mol. The highest BCUT2D eigenvalue weighted by Gasteiger charge is 2.08. The highest BCUT2D eigenvalue weighted by molar-refractivity contribution is 6.30. The standard InChI is InChI=1S/C20H25ClN2O2/c21-17-9-7-8-16(14-17)15-25-19-11-5-4-10-18(19)23-20(24)12-3-1-2-6-13-22/h4-5,7-11,14H,1-3,6,12-13,15,22H2,(H,23,24). The summed E-state index contributed by atoms with van der Waals surface area (Å²) in [7, 11) is 0. The number of halogens is 1. The van der Waals surface area contributed by atoms with Gasteiger partial charge in [-0.25, -0.2) is 0 Å². The summed E-state index contributed by atoms with van der Waals surface area (Å²) in [5.41, 5.74) is 7.14. The molecular weight excluding hydrogens is 336 g/mol. The van der Waals surface area contributed by atoms with Crippen molar-refractivity contribution < 1.29 is 9.53 Å². The first-order chi connectivity index (χ1) is 12.2. The first-order valence-electron chi connectivity index (χ1n) is 8.65. The van der Waals surface area contributed by atoms with E-state index in [2.05, 4.69) is 5.32 Å². The smallest absolute Gasteiger partial charge is 0.224 e. The van der Waals surface area contributed by atoms with E-state index in [1.54, 1.807) is 0 Å². The topological polar surface area (TPSA) is 64.4 Å². The Bertz CT molecular complexity index is 676. The zero-order chi connectivity index (χ0) is 17.9. The molecule has 134 valence electrons. The molecule has 0 saturated carbocycles. The molecule has 0 spiro atoms. The molecule has 0 unspecified atom stereocenters. The summed E-state index contributed by atoms with van der Waals surface area (Å²) in [6, 6.07) is 15.0. The molecule has 0 aliphatic rings. The first-order valence-corrected chi connectivity index (χ1v) is 9.03. The molecular formula is C20H25ClN2O2. The number of carbonyl (C=O) groups excluding carboxylic acids is 1. The summed E-state index contributed by atoms with van der Waals surface area (Å²) >= 11 is 5.99. The number of rotatable bonds is 10. The quantitative estimate of drug-likeness (QED) is 0.600. The zero-order valence-electron chi connectivity index (χ0n) is 14.3. The molecule has 0 radical (unpaired) electrons. The van der Waals surface area contributed by atoms with Gasteiger partial charge in [-0.2, -0.15) is 0 Å². The van der Waals surface area contributed by atoms with Crippen LogP contribution in [0.3, 0.4) is 0 Å². The van der Waals surface area contributed by atoms with Gasteiger partial charge < -0.3 is 15.8 Å². The van der Waals surface area contributed by atoms with Crippen LogP contribution in [-0.2, 0) is 11.4 Å². The maximum atomic E-state index is 12.1. The molecule has 0 aromatic heterocycles. The number of benzene rings is 2. The van der Waals surface area contributed by atoms with Crippen LogP contribution in [0.15, 0.2) is 48.5 Å². The van der Waals surface area contributed by atoms with E-state index in [0.29, 0.717) is 36.0 Å². The van der Waals surface area contributed by atoms with Gasteiger partial charge in [-0.3, -0.25) is 4.79 Å². The fraction of sp³-hybridized carbons (Fsp3) is 0.350. The largest absolute Gasteiger partial charge is 0.487 e. The van der Waals surface area contributed by atoms with Gasteiger partial charge in [0.15, 0.2) is 0 Å². The number of amides is 1. The Kier molecular flexibility index (Phi) is 8.29. The van der Waals surface area contributed by atoms with Crippen molar-refractivity contribution in [1.82, 2.24) is 0 Å². The molecule has 0 fully saturated rings. The lowest BCUT2D eigenvalue weighted by molar-refractivity contribution is -0.116. The lowest BCUT2D eigenvalue weighted by Crippen LogP contribution is -2.12. The number of anilines is 1. The van der Waals surface area contributed by atoms with E-state index in [1.165, 1.54) is 0 Å². The fourth-order valence-electron chi connectivity index (χ4n) is 2.48. The summed E-state index contributed by atoms with van der Waals surface area (Å²) in [6.07, 6.45) is 4.49. The van der Waals surface area contributed by atoms with E-state index in [-0.39, 0.29) is 5.91 Å². The predicted octanol–water partition coefficient (Wildman–Crippen LogP) is 4.77. The summed E-state index contributed by atoms with van der Waals surface area (Å²) in [4.78, 5) is 12.1. The molecule has 0 bridgehead atoms. The van der Waals surface area contributed by atoms with Crippen LogP contribution < -0.4 is 15.8 Å². The van der Waals surface area contributed by atoms with Crippen LogP contribution in [-0.4, -0.2) is 12.5 Å². The van der Waals surface area contributed by atoms with Crippen molar-refractivity contribution in [3.63, 3.8) is 0 Å². The zero-order valence-corrected chi connectivity index (χ0v) is 15.1. The average molecular weight is 361 g/mol. The molecule has 25 heavy (non-hydrogen) atoms. The highest BCUT2D eigenvalue weighted by Crippen LogP contribution is 2.25. The Morgan fingerprint density at radius 2 is 1.84 bits per heavy atom. The van der Waals surface area contributed by atoms with E-state index < -0.39 is 0 Å². The van der Waals surface area contributed by atoms with Crippen molar-refractivity contribution in [2.24, 2.45) is 5.73 Å². The van der Waals surface area contributed by atoms with Crippen LogP contribution >= 0.6 is 11.6 Å². The third-order valence-electron chi connectivity index (χ3n) is 3.80. The van der Waals surface area contributed by atoms with Crippen molar-refractivity contribution in [2.75, 3.05) is 11.9 Å². The molecule has 4 nitrogen and oxygen atoms in total. The minimum Gasteiger partial charge on any atom is -0.487 e. The number of carbonyl (C=O) groups is 1. The van der Waals surface area contributed by atoms with Gasteiger partial charge in [0.1, 0.15) is 12.4 Å². The fourth-order valence-corrected chi connectivity index (χ4v) is 2.69. The normalized spacial score (nSPS) is 10.5. The van der Waals surface area contributed by atoms with E-state index in [1.807, 2.05) is 48.5 Å². The summed E-state index contributed by atoms with van der Waals surface area (Å²) in [5, 5.41) is 3.61. The van der Waals surface area contributed by atoms with Crippen LogP contribution in [0.1, 0.15) is 37.7 Å². The average Bonchev–Trinajstić information content (AvgIpc) is 2.61. The van der Waals surface area contributed by atoms with Gasteiger partial charge in [-0.05, 0) is 49.2 Å². The molecule has 0 saturated heterocycles. The van der Waals surface area contributed by atoms with Gasteiger partial charge in [0, 0.05) is 11.4 Å². The van der Waals surface area contributed by atoms with E-state index in [0.717, 1.165) is 31.2 Å². The summed E-state index contributed by atoms with van der Waals surface area (Å²) in [5.74, 6) is 0.658. The van der Waals surface area contributed by atoms with Gasteiger partial charge in [-0.15, -0.1) is 0 Å². The van der Waals surface area contributed by atoms with Crippen molar-refractivity contribution in [2.45, 2.75) is 38.7 Å². The van der Waals surface area contributed by atoms with E-state index in [4.69, 9.17) is 22.1 Å². The Balaban J connectivity index is 1.86. The molecule has 2 rings (SSSR count). The Hall–Kier alpha value is -2.04. The third-order valence-corrected chi connectivity index (χ3v) is 4.04. The van der Waals surface area contributed by atoms with Crippen LogP contribution in [0.4, 0.5) is 5.69 Å². The summed E-state index contributed by atoms with van der Waals surface area (Å²) in [6.45, 7) is 1.11. The van der Waals surface area contributed by atoms with Crippen LogP contribution in [0.25, 0.3) is 0 Å². The number of hydrogen-bond donors (Lipinski definition) is 2. The predicted molar refractivity (Wildman–Crippen MR) is 103 cm³/mol. The maximum absolute atomic E-state index is 12.1. The van der Waals surface area contributed by atoms with Crippen molar-refractivity contribution in [1.29, 1.82) is 0 Å². The highest BCUT2D eigenvalue weighted by atomic mass is 35.5. The molecule has 2 aromatic rings. The maximum Gasteiger partial charge on any atom is 0.224 e. The van der Waals surface area contributed by atoms with E-state index >= 15 is 0 Å². The molecule has 3 N–H and O–H groups in total. The van der Waals surface area contributed by atoms with Crippen LogP contribution in [0.5, 0.6) is 5.75 Å². The van der Waals surface area contributed by atoms with Gasteiger partial charge >= 0.3 is 0 Å². The lowest BCUT2D eigenvalue weighted by atomic mass is 10.1. The molecule has 0 atom stereocenters. The van der Waals surface area contributed by atoms with Crippen molar-refractivity contribution in [3.8, 4) is 5.75 Å². The Morgan fingerprint density at radius 3 is 2.64 bits per heavy atom. The van der Waals surface area contributed by atoms with Gasteiger partial charge in [0.25, 0.3) is 0 Å². The second kappa shape index (κ2) is 10.7. The van der Waals surface area contributed by atoms with E-state index in [9.17, 15) is 4.79 Å². The SMILES string of the molecule is NCCCCCCC(=O)Nc1ccccc1OCc1cccc(Cl)c1. The van der Waals surface area contributed by atoms with Crippen LogP contribution in [0, 0.1) is 0 Å². The molecule has 5 heteroatoms. The Morgan fingerprint density at radius 1 is 1.04 bits per heavy atom. The lowest BCUT2D eigenvalue weighted by Gasteiger charge is -2.12. The molecule has 2 aromatic carbocycles. The van der Waals surface area contributed by atoms with Crippen molar-refractivity contribution >= 4 is 23.2 Å². The molecule has 0 aliphatic heterocycles. The number of para-hydroxylation sites is 2. The second-order valence-electron chi connectivity index (χ2n) is 5.92. The van der Waals surface area contributed by atoms with Crippen LogP contribution in [0.2, 0.25) is 5.02 Å². The second-order valence-corrected chi connectivity index (χ2v) is 6.35. The number of nitrogens with one attached hydrogen (secondary N) is 1.